The van der Waals surface area contributed by atoms with Gasteiger partial charge in [-0.1, -0.05) is 31.2 Å². The molecule has 0 aliphatic carbocycles. The molecule has 0 aliphatic heterocycles. The highest BCUT2D eigenvalue weighted by Gasteiger charge is 2.22. The minimum atomic E-state index is -0.853. The quantitative estimate of drug-likeness (QED) is 0.336. The molecule has 0 spiro atoms. The van der Waals surface area contributed by atoms with Gasteiger partial charge in [0.1, 0.15) is 11.6 Å². The van der Waals surface area contributed by atoms with E-state index in [0.29, 0.717) is 29.1 Å². The number of halogens is 3. The molecule has 0 saturated carbocycles. The number of benzene rings is 3. The number of aromatic nitrogens is 2. The molecule has 0 unspecified atom stereocenters. The van der Waals surface area contributed by atoms with Gasteiger partial charge in [-0.3, -0.25) is 4.79 Å². The molecule has 34 heavy (non-hydrogen) atoms. The number of carbonyl (C=O) groups excluding carboxylic acids is 1. The van der Waals surface area contributed by atoms with E-state index in [2.05, 4.69) is 10.4 Å². The fourth-order valence-corrected chi connectivity index (χ4v) is 3.55. The number of hydrogen-bond acceptors (Lipinski definition) is 3. The molecule has 174 valence electrons. The summed E-state index contributed by atoms with van der Waals surface area (Å²) in [6.07, 6.45) is 0.852. The number of nitrogens with one attached hydrogen (secondary N) is 1. The highest BCUT2D eigenvalue weighted by molar-refractivity contribution is 5.90. The molecule has 0 atom stereocenters. The summed E-state index contributed by atoms with van der Waals surface area (Å²) in [7, 11) is 0. The van der Waals surface area contributed by atoms with Gasteiger partial charge in [-0.15, -0.1) is 0 Å². The highest BCUT2D eigenvalue weighted by atomic mass is 19.1. The molecular formula is C26H22F3N3O2. The first kappa shape index (κ1) is 23.1. The molecular weight excluding hydrogens is 443 g/mol. The molecule has 4 aromatic rings. The first-order valence-corrected chi connectivity index (χ1v) is 10.8. The Kier molecular flexibility index (Phi) is 6.96. The van der Waals surface area contributed by atoms with Gasteiger partial charge in [0.2, 0.25) is 11.8 Å². The second kappa shape index (κ2) is 10.2. The largest absolute Gasteiger partial charge is 0.436 e. The Morgan fingerprint density at radius 1 is 0.971 bits per heavy atom. The fourth-order valence-electron chi connectivity index (χ4n) is 3.55. The number of amides is 1. The van der Waals surface area contributed by atoms with E-state index in [1.165, 1.54) is 24.3 Å². The van der Waals surface area contributed by atoms with Gasteiger partial charge >= 0.3 is 0 Å². The smallest absolute Gasteiger partial charge is 0.226 e. The van der Waals surface area contributed by atoms with E-state index in [1.54, 1.807) is 10.7 Å². The number of hydrogen-bond donors (Lipinski definition) is 1. The summed E-state index contributed by atoms with van der Waals surface area (Å²) in [5.74, 6) is -2.26. The van der Waals surface area contributed by atoms with Crippen molar-refractivity contribution in [3.05, 3.63) is 102 Å². The lowest BCUT2D eigenvalue weighted by molar-refractivity contribution is -0.116. The second-order valence-electron chi connectivity index (χ2n) is 7.57. The number of carbonyl (C=O) groups is 1. The Balaban J connectivity index is 1.66. The maximum atomic E-state index is 14.4. The maximum absolute atomic E-state index is 14.4. The molecule has 4 rings (SSSR count). The number of nitrogens with zero attached hydrogens (tertiary/aromatic N) is 2. The summed E-state index contributed by atoms with van der Waals surface area (Å²) in [4.78, 5) is 12.5. The summed E-state index contributed by atoms with van der Waals surface area (Å²) in [6.45, 7) is 1.91. The maximum Gasteiger partial charge on any atom is 0.226 e. The van der Waals surface area contributed by atoms with Crippen LogP contribution in [0, 0.1) is 17.5 Å². The summed E-state index contributed by atoms with van der Waals surface area (Å²) in [5.41, 5.74) is 2.35. The molecule has 1 aromatic heterocycles. The van der Waals surface area contributed by atoms with Crippen LogP contribution in [0.4, 0.5) is 18.9 Å². The molecule has 0 bridgehead atoms. The van der Waals surface area contributed by atoms with Crippen LogP contribution in [-0.4, -0.2) is 15.7 Å². The van der Waals surface area contributed by atoms with Gasteiger partial charge in [0, 0.05) is 23.7 Å². The molecule has 1 heterocycles. The first-order chi connectivity index (χ1) is 16.4. The van der Waals surface area contributed by atoms with Gasteiger partial charge in [-0.2, -0.15) is 5.10 Å². The summed E-state index contributed by atoms with van der Waals surface area (Å²) in [6, 6.07) is 17.8. The molecule has 3 aromatic carbocycles. The van der Waals surface area contributed by atoms with E-state index in [0.717, 1.165) is 12.1 Å². The van der Waals surface area contributed by atoms with Crippen molar-refractivity contribution in [3.63, 3.8) is 0 Å². The lowest BCUT2D eigenvalue weighted by Crippen LogP contribution is -2.13. The van der Waals surface area contributed by atoms with Crippen molar-refractivity contribution in [1.82, 2.24) is 9.78 Å². The first-order valence-electron chi connectivity index (χ1n) is 10.8. The zero-order valence-electron chi connectivity index (χ0n) is 18.4. The van der Waals surface area contributed by atoms with Gasteiger partial charge in [0.05, 0.1) is 11.4 Å². The zero-order chi connectivity index (χ0) is 24.1. The second-order valence-corrected chi connectivity index (χ2v) is 7.57. The third-order valence-corrected chi connectivity index (χ3v) is 5.17. The van der Waals surface area contributed by atoms with E-state index < -0.39 is 17.5 Å². The van der Waals surface area contributed by atoms with Crippen molar-refractivity contribution in [2.75, 3.05) is 5.32 Å². The van der Waals surface area contributed by atoms with Crippen LogP contribution in [-0.2, 0) is 17.6 Å². The van der Waals surface area contributed by atoms with E-state index in [9.17, 15) is 18.0 Å². The van der Waals surface area contributed by atoms with Crippen molar-refractivity contribution < 1.29 is 22.7 Å². The predicted octanol–water partition coefficient (Wildman–Crippen LogP) is 6.22. The Labute approximate surface area is 194 Å². The molecule has 1 amide bonds. The van der Waals surface area contributed by atoms with E-state index >= 15 is 0 Å². The minimum Gasteiger partial charge on any atom is -0.436 e. The lowest BCUT2D eigenvalue weighted by Gasteiger charge is -2.12. The third-order valence-electron chi connectivity index (χ3n) is 5.17. The standard InChI is InChI=1S/C26H22F3N3O2/c1-2-23-21(12-14-25(33)30-19-8-6-7-17(27)15-19)26(32(31-23)20-9-4-3-5-10-20)34-24-13-11-18(28)16-22(24)29/h3-11,13,15-16H,2,12,14H2,1H3,(H,30,33). The summed E-state index contributed by atoms with van der Waals surface area (Å²) in [5, 5.41) is 7.29. The van der Waals surface area contributed by atoms with Crippen LogP contribution in [0.3, 0.4) is 0 Å². The fraction of sp³-hybridized carbons (Fsp3) is 0.154. The molecule has 0 aliphatic rings. The van der Waals surface area contributed by atoms with E-state index in [1.807, 2.05) is 37.3 Å². The van der Waals surface area contributed by atoms with Crippen molar-refractivity contribution >= 4 is 11.6 Å². The monoisotopic (exact) mass is 465 g/mol. The average Bonchev–Trinajstić information content (AvgIpc) is 3.17. The van der Waals surface area contributed by atoms with Crippen LogP contribution >= 0.6 is 0 Å². The van der Waals surface area contributed by atoms with Crippen molar-refractivity contribution in [2.24, 2.45) is 0 Å². The van der Waals surface area contributed by atoms with E-state index in [4.69, 9.17) is 4.74 Å². The summed E-state index contributed by atoms with van der Waals surface area (Å²) >= 11 is 0. The topological polar surface area (TPSA) is 56.2 Å². The van der Waals surface area contributed by atoms with Gasteiger partial charge in [-0.05, 0) is 55.3 Å². The van der Waals surface area contributed by atoms with Crippen LogP contribution in [0.5, 0.6) is 11.6 Å². The molecule has 0 saturated heterocycles. The van der Waals surface area contributed by atoms with Crippen molar-refractivity contribution in [3.8, 4) is 17.3 Å². The number of aryl methyl sites for hydroxylation is 1. The predicted molar refractivity (Wildman–Crippen MR) is 123 cm³/mol. The summed E-state index contributed by atoms with van der Waals surface area (Å²) < 4.78 is 48.7. The van der Waals surface area contributed by atoms with Crippen LogP contribution in [0.25, 0.3) is 5.69 Å². The lowest BCUT2D eigenvalue weighted by atomic mass is 10.1. The van der Waals surface area contributed by atoms with E-state index in [-0.39, 0.29) is 30.4 Å². The Hall–Kier alpha value is -4.07. The molecule has 0 radical (unpaired) electrons. The Morgan fingerprint density at radius 3 is 2.44 bits per heavy atom. The average molecular weight is 465 g/mol. The van der Waals surface area contributed by atoms with Gasteiger partial charge in [-0.25, -0.2) is 17.9 Å². The number of para-hydroxylation sites is 1. The van der Waals surface area contributed by atoms with Gasteiger partial charge < -0.3 is 10.1 Å². The molecule has 0 fully saturated rings. The number of anilines is 1. The van der Waals surface area contributed by atoms with Gasteiger partial charge in [0.15, 0.2) is 11.6 Å². The van der Waals surface area contributed by atoms with Crippen LogP contribution in [0.15, 0.2) is 72.8 Å². The number of rotatable bonds is 8. The van der Waals surface area contributed by atoms with Crippen LogP contribution in [0.1, 0.15) is 24.6 Å². The van der Waals surface area contributed by atoms with Crippen molar-refractivity contribution in [1.29, 1.82) is 0 Å². The normalized spacial score (nSPS) is 10.8. The minimum absolute atomic E-state index is 0.0618. The Morgan fingerprint density at radius 2 is 1.74 bits per heavy atom. The van der Waals surface area contributed by atoms with Crippen molar-refractivity contribution in [2.45, 2.75) is 26.2 Å². The van der Waals surface area contributed by atoms with Gasteiger partial charge in [0.25, 0.3) is 0 Å². The SMILES string of the molecule is CCc1nn(-c2ccccc2)c(Oc2ccc(F)cc2F)c1CCC(=O)Nc1cccc(F)c1. The van der Waals surface area contributed by atoms with Crippen LogP contribution in [0.2, 0.25) is 0 Å². The molecule has 1 N–H and O–H groups in total. The molecule has 8 heteroatoms. The van der Waals surface area contributed by atoms with Crippen LogP contribution < -0.4 is 10.1 Å². The third kappa shape index (κ3) is 5.28. The molecule has 5 nitrogen and oxygen atoms in total. The number of ether oxygens (including phenoxy) is 1. The Bertz CT molecular complexity index is 1310. The zero-order valence-corrected chi connectivity index (χ0v) is 18.4. The highest BCUT2D eigenvalue weighted by Crippen LogP contribution is 2.33.